The van der Waals surface area contributed by atoms with Gasteiger partial charge < -0.3 is 10.1 Å². The summed E-state index contributed by atoms with van der Waals surface area (Å²) in [7, 11) is 0. The molecule has 2 heterocycles. The monoisotopic (exact) mass is 458 g/mol. The predicted molar refractivity (Wildman–Crippen MR) is 121 cm³/mol. The van der Waals surface area contributed by atoms with Crippen molar-refractivity contribution in [1.29, 1.82) is 0 Å². The number of benzene rings is 3. The zero-order valence-corrected chi connectivity index (χ0v) is 17.7. The van der Waals surface area contributed by atoms with Crippen molar-refractivity contribution in [3.8, 4) is 5.75 Å². The molecule has 0 unspecified atom stereocenters. The second-order valence-electron chi connectivity index (χ2n) is 7.03. The summed E-state index contributed by atoms with van der Waals surface area (Å²) in [5.41, 5.74) is 4.37. The molecule has 5 rings (SSSR count). The van der Waals surface area contributed by atoms with Gasteiger partial charge >= 0.3 is 0 Å². The molecule has 4 aromatic rings. The first-order valence-electron chi connectivity index (χ1n) is 9.67. The second-order valence-corrected chi connectivity index (χ2v) is 7.94. The van der Waals surface area contributed by atoms with Gasteiger partial charge in [-0.2, -0.15) is 10.1 Å². The van der Waals surface area contributed by atoms with Gasteiger partial charge in [0.2, 0.25) is 5.95 Å². The summed E-state index contributed by atoms with van der Waals surface area (Å²) in [5.74, 6) is 1.57. The fraction of sp³-hybridized carbons (Fsp3) is 0.0833. The maximum absolute atomic E-state index is 5.92. The highest BCUT2D eigenvalue weighted by Gasteiger charge is 2.23. The lowest BCUT2D eigenvalue weighted by Crippen LogP contribution is -2.20. The summed E-state index contributed by atoms with van der Waals surface area (Å²) in [6.07, 6.45) is 3.75. The van der Waals surface area contributed by atoms with Gasteiger partial charge in [0.15, 0.2) is 0 Å². The van der Waals surface area contributed by atoms with Gasteiger partial charge in [-0.3, -0.25) is 0 Å². The van der Waals surface area contributed by atoms with Crippen LogP contribution < -0.4 is 10.1 Å². The number of nitrogens with zero attached hydrogens (tertiary/aromatic N) is 3. The minimum Gasteiger partial charge on any atom is -0.489 e. The van der Waals surface area contributed by atoms with Crippen molar-refractivity contribution in [2.24, 2.45) is 0 Å². The number of allylic oxidation sites excluding steroid dienone is 1. The number of hydrogen-bond acceptors (Lipinski definition) is 4. The minimum absolute atomic E-state index is 0.0504. The molecule has 6 heteroatoms. The van der Waals surface area contributed by atoms with E-state index in [1.165, 1.54) is 0 Å². The van der Waals surface area contributed by atoms with Gasteiger partial charge in [-0.1, -0.05) is 70.5 Å². The van der Waals surface area contributed by atoms with Crippen molar-refractivity contribution >= 4 is 27.6 Å². The van der Waals surface area contributed by atoms with Crippen LogP contribution in [0.1, 0.15) is 22.7 Å². The average molecular weight is 459 g/mol. The quantitative estimate of drug-likeness (QED) is 0.418. The summed E-state index contributed by atoms with van der Waals surface area (Å²) >= 11 is 3.49. The Bertz CT molecular complexity index is 1170. The molecular weight excluding hydrogens is 440 g/mol. The zero-order valence-electron chi connectivity index (χ0n) is 16.1. The van der Waals surface area contributed by atoms with Crippen LogP contribution in [0.3, 0.4) is 0 Å². The van der Waals surface area contributed by atoms with E-state index in [4.69, 9.17) is 4.74 Å². The van der Waals surface area contributed by atoms with Gasteiger partial charge in [0.25, 0.3) is 0 Å². The molecule has 3 aromatic carbocycles. The van der Waals surface area contributed by atoms with Crippen molar-refractivity contribution in [2.75, 3.05) is 5.32 Å². The van der Waals surface area contributed by atoms with Crippen molar-refractivity contribution in [3.05, 3.63) is 112 Å². The zero-order chi connectivity index (χ0) is 20.3. The molecule has 0 bridgehead atoms. The lowest BCUT2D eigenvalue weighted by Gasteiger charge is -2.24. The molecule has 148 valence electrons. The van der Waals surface area contributed by atoms with Gasteiger partial charge in [0.1, 0.15) is 24.7 Å². The maximum Gasteiger partial charge on any atom is 0.226 e. The molecule has 1 aromatic heterocycles. The van der Waals surface area contributed by atoms with E-state index in [0.29, 0.717) is 6.61 Å². The van der Waals surface area contributed by atoms with E-state index in [1.54, 1.807) is 6.33 Å². The van der Waals surface area contributed by atoms with Crippen LogP contribution in [0.5, 0.6) is 5.75 Å². The Hall–Kier alpha value is -3.38. The third kappa shape index (κ3) is 3.86. The molecule has 0 saturated carbocycles. The number of nitrogens with one attached hydrogen (secondary N) is 1. The van der Waals surface area contributed by atoms with Gasteiger partial charge in [0, 0.05) is 10.2 Å². The first kappa shape index (κ1) is 18.6. The van der Waals surface area contributed by atoms with Crippen LogP contribution in [0.2, 0.25) is 0 Å². The molecule has 1 N–H and O–H groups in total. The lowest BCUT2D eigenvalue weighted by molar-refractivity contribution is 0.306. The van der Waals surface area contributed by atoms with Crippen molar-refractivity contribution in [2.45, 2.75) is 12.6 Å². The number of anilines is 1. The van der Waals surface area contributed by atoms with Crippen molar-refractivity contribution < 1.29 is 4.74 Å². The van der Waals surface area contributed by atoms with Crippen molar-refractivity contribution in [1.82, 2.24) is 14.8 Å². The molecule has 0 radical (unpaired) electrons. The number of ether oxygens (including phenoxy) is 1. The van der Waals surface area contributed by atoms with Crippen LogP contribution in [0.25, 0.3) is 5.70 Å². The summed E-state index contributed by atoms with van der Waals surface area (Å²) in [6, 6.07) is 26.5. The number of hydrogen-bond donors (Lipinski definition) is 1. The molecule has 1 aliphatic rings. The lowest BCUT2D eigenvalue weighted by atomic mass is 10.0. The molecule has 0 saturated heterocycles. The highest BCUT2D eigenvalue weighted by Crippen LogP contribution is 2.33. The number of halogens is 1. The molecule has 30 heavy (non-hydrogen) atoms. The highest BCUT2D eigenvalue weighted by atomic mass is 79.9. The van der Waals surface area contributed by atoms with Crippen molar-refractivity contribution in [3.63, 3.8) is 0 Å². The van der Waals surface area contributed by atoms with E-state index in [0.717, 1.165) is 38.6 Å². The molecule has 1 aliphatic heterocycles. The highest BCUT2D eigenvalue weighted by molar-refractivity contribution is 9.10. The SMILES string of the molecule is Brc1ccc(C2=C[C@@H](c3ccc(OCc4ccccc4)cc3)n3ncnc3N2)cc1. The predicted octanol–water partition coefficient (Wildman–Crippen LogP) is 5.68. The number of aromatic nitrogens is 3. The summed E-state index contributed by atoms with van der Waals surface area (Å²) < 4.78 is 8.86. The third-order valence-corrected chi connectivity index (χ3v) is 5.56. The van der Waals surface area contributed by atoms with Crippen LogP contribution in [0, 0.1) is 0 Å². The van der Waals surface area contributed by atoms with Crippen LogP contribution in [0.15, 0.2) is 95.7 Å². The molecule has 0 amide bonds. The standard InChI is InChI=1S/C24H19BrN4O/c25-20-10-6-18(7-11-20)22-14-23(29-24(28-22)26-16-27-29)19-8-12-21(13-9-19)30-15-17-4-2-1-3-5-17/h1-14,16,23H,15H2,(H,26,27,28)/t23-/m0/s1. The Morgan fingerprint density at radius 2 is 1.70 bits per heavy atom. The molecule has 1 atom stereocenters. The average Bonchev–Trinajstić information content (AvgIpc) is 3.27. The van der Waals surface area contributed by atoms with E-state index < -0.39 is 0 Å². The fourth-order valence-corrected chi connectivity index (χ4v) is 3.74. The van der Waals surface area contributed by atoms with E-state index in [1.807, 2.05) is 47.1 Å². The Morgan fingerprint density at radius 1 is 0.933 bits per heavy atom. The Labute approximate surface area is 183 Å². The van der Waals surface area contributed by atoms with E-state index >= 15 is 0 Å². The largest absolute Gasteiger partial charge is 0.489 e. The summed E-state index contributed by atoms with van der Waals surface area (Å²) in [5, 5.41) is 7.79. The van der Waals surface area contributed by atoms with E-state index in [2.05, 4.69) is 73.8 Å². The minimum atomic E-state index is -0.0504. The van der Waals surface area contributed by atoms with Crippen LogP contribution in [-0.4, -0.2) is 14.8 Å². The molecule has 5 nitrogen and oxygen atoms in total. The smallest absolute Gasteiger partial charge is 0.226 e. The molecular formula is C24H19BrN4O. The molecule has 0 fully saturated rings. The first-order chi connectivity index (χ1) is 14.8. The topological polar surface area (TPSA) is 52.0 Å². The molecule has 0 aliphatic carbocycles. The number of fused-ring (bicyclic) bond motifs is 1. The van der Waals surface area contributed by atoms with Crippen LogP contribution in [0.4, 0.5) is 5.95 Å². The van der Waals surface area contributed by atoms with Gasteiger partial charge in [-0.15, -0.1) is 0 Å². The van der Waals surface area contributed by atoms with E-state index in [9.17, 15) is 0 Å². The Kier molecular flexibility index (Phi) is 5.07. The van der Waals surface area contributed by atoms with Crippen LogP contribution >= 0.6 is 15.9 Å². The first-order valence-corrected chi connectivity index (χ1v) is 10.5. The second kappa shape index (κ2) is 8.16. The normalized spacial score (nSPS) is 15.1. The maximum atomic E-state index is 5.92. The number of rotatable bonds is 5. The fourth-order valence-electron chi connectivity index (χ4n) is 3.47. The molecule has 0 spiro atoms. The summed E-state index contributed by atoms with van der Waals surface area (Å²) in [6.45, 7) is 0.550. The van der Waals surface area contributed by atoms with E-state index in [-0.39, 0.29) is 6.04 Å². The Balaban J connectivity index is 1.40. The summed E-state index contributed by atoms with van der Waals surface area (Å²) in [4.78, 5) is 4.37. The van der Waals surface area contributed by atoms with Gasteiger partial charge in [0.05, 0.1) is 0 Å². The Morgan fingerprint density at radius 3 is 2.47 bits per heavy atom. The van der Waals surface area contributed by atoms with Crippen LogP contribution in [-0.2, 0) is 6.61 Å². The third-order valence-electron chi connectivity index (χ3n) is 5.03. The van der Waals surface area contributed by atoms with Gasteiger partial charge in [-0.25, -0.2) is 4.68 Å². The van der Waals surface area contributed by atoms with Gasteiger partial charge in [-0.05, 0) is 47.0 Å².